The van der Waals surface area contributed by atoms with E-state index in [4.69, 9.17) is 5.73 Å². The number of rotatable bonds is 6. The number of hydrogen-bond donors (Lipinski definition) is 3. The smallest absolute Gasteiger partial charge is 0.236 e. The van der Waals surface area contributed by atoms with E-state index in [2.05, 4.69) is 15.3 Å². The minimum Gasteiger partial charge on any atom is -0.369 e. The number of benzene rings is 1. The molecule has 1 aromatic heterocycles. The number of nitrogens with zero attached hydrogens (tertiary/aromatic N) is 1. The Morgan fingerprint density at radius 3 is 2.72 bits per heavy atom. The molecule has 3 rings (SSSR count). The van der Waals surface area contributed by atoms with Crippen LogP contribution in [0.1, 0.15) is 36.4 Å². The molecule has 130 valence electrons. The van der Waals surface area contributed by atoms with Crippen LogP contribution < -0.4 is 11.1 Å². The molecule has 4 N–H and O–H groups in total. The zero-order chi connectivity index (χ0) is 17.7. The van der Waals surface area contributed by atoms with E-state index in [9.17, 15) is 9.59 Å². The molecule has 1 saturated carbocycles. The number of carbonyl (C=O) groups is 1. The van der Waals surface area contributed by atoms with Gasteiger partial charge in [-0.25, -0.2) is 4.79 Å². The van der Waals surface area contributed by atoms with Gasteiger partial charge in [0.05, 0.1) is 0 Å². The number of amides is 1. The van der Waals surface area contributed by atoms with E-state index in [1.165, 1.54) is 0 Å². The van der Waals surface area contributed by atoms with Gasteiger partial charge in [0.1, 0.15) is 5.66 Å². The molecule has 0 bridgehead atoms. The van der Waals surface area contributed by atoms with E-state index < -0.39 is 5.66 Å². The van der Waals surface area contributed by atoms with Crippen molar-refractivity contribution in [3.8, 4) is 0 Å². The third kappa shape index (κ3) is 4.05. The minimum atomic E-state index is -0.842. The van der Waals surface area contributed by atoms with E-state index >= 15 is 0 Å². The van der Waals surface area contributed by atoms with Gasteiger partial charge in [0.15, 0.2) is 0 Å². The van der Waals surface area contributed by atoms with E-state index in [0.29, 0.717) is 25.8 Å². The second kappa shape index (κ2) is 7.47. The average Bonchev–Trinajstić information content (AvgIpc) is 3.16. The number of hydrogen-bond acceptors (Lipinski definition) is 4. The summed E-state index contributed by atoms with van der Waals surface area (Å²) < 4.78 is 0. The zero-order valence-corrected chi connectivity index (χ0v) is 13.9. The first kappa shape index (κ1) is 17.1. The fraction of sp³-hybridized carbons (Fsp3) is 0.368. The van der Waals surface area contributed by atoms with Crippen LogP contribution in [0, 0.1) is 5.92 Å². The largest absolute Gasteiger partial charge is 0.369 e. The molecular formula is C19H22N4O2. The molecular weight excluding hydrogens is 316 g/mol. The summed E-state index contributed by atoms with van der Waals surface area (Å²) in [5.41, 5.74) is 6.86. The van der Waals surface area contributed by atoms with Crippen molar-refractivity contribution in [1.29, 1.82) is 0 Å². The van der Waals surface area contributed by atoms with Crippen LogP contribution in [0.25, 0.3) is 0 Å². The molecule has 0 radical (unpaired) electrons. The lowest BCUT2D eigenvalue weighted by atomic mass is 9.73. The maximum atomic E-state index is 11.9. The standard InChI is InChI=1S/C19H22N4O2/c20-18(25)16-9-15(17-7-4-8-21-17)10-19(11-16,23-13-24)22-12-14-5-2-1-3-6-14/h1-8,15-16,21-22H,9-12H2,(H2,20,25). The van der Waals surface area contributed by atoms with Gasteiger partial charge in [-0.1, -0.05) is 30.3 Å². The van der Waals surface area contributed by atoms with Gasteiger partial charge in [-0.3, -0.25) is 10.1 Å². The number of aromatic amines is 1. The van der Waals surface area contributed by atoms with Gasteiger partial charge in [0.2, 0.25) is 12.0 Å². The van der Waals surface area contributed by atoms with Crippen molar-refractivity contribution >= 4 is 12.0 Å². The van der Waals surface area contributed by atoms with Gasteiger partial charge in [-0.05, 0) is 37.0 Å². The highest BCUT2D eigenvalue weighted by Crippen LogP contribution is 2.42. The molecule has 25 heavy (non-hydrogen) atoms. The first-order chi connectivity index (χ1) is 12.1. The summed E-state index contributed by atoms with van der Waals surface area (Å²) in [6, 6.07) is 13.8. The van der Waals surface area contributed by atoms with Crippen LogP contribution in [0.2, 0.25) is 0 Å². The predicted octanol–water partition coefficient (Wildman–Crippen LogP) is 2.21. The second-order valence-corrected chi connectivity index (χ2v) is 6.64. The van der Waals surface area contributed by atoms with Gasteiger partial charge < -0.3 is 10.7 Å². The van der Waals surface area contributed by atoms with Crippen LogP contribution in [0.3, 0.4) is 0 Å². The fourth-order valence-corrected chi connectivity index (χ4v) is 3.69. The molecule has 1 aromatic carbocycles. The molecule has 2 aromatic rings. The lowest BCUT2D eigenvalue weighted by Crippen LogP contribution is -2.50. The normalized spacial score (nSPS) is 25.9. The lowest BCUT2D eigenvalue weighted by Gasteiger charge is -2.40. The van der Waals surface area contributed by atoms with Gasteiger partial charge in [-0.2, -0.15) is 4.99 Å². The zero-order valence-electron chi connectivity index (χ0n) is 13.9. The highest BCUT2D eigenvalue weighted by atomic mass is 16.1. The Balaban J connectivity index is 1.86. The fourth-order valence-electron chi connectivity index (χ4n) is 3.69. The first-order valence-electron chi connectivity index (χ1n) is 8.42. The number of H-pyrrole nitrogens is 1. The highest BCUT2D eigenvalue weighted by molar-refractivity contribution is 5.77. The molecule has 6 heteroatoms. The maximum absolute atomic E-state index is 11.9. The Labute approximate surface area is 146 Å². The summed E-state index contributed by atoms with van der Waals surface area (Å²) >= 11 is 0. The number of nitrogens with one attached hydrogen (secondary N) is 2. The summed E-state index contributed by atoms with van der Waals surface area (Å²) in [5.74, 6) is -0.632. The molecule has 1 fully saturated rings. The summed E-state index contributed by atoms with van der Waals surface area (Å²) in [6.45, 7) is 0.551. The second-order valence-electron chi connectivity index (χ2n) is 6.64. The van der Waals surface area contributed by atoms with Crippen molar-refractivity contribution in [2.45, 2.75) is 37.4 Å². The van der Waals surface area contributed by atoms with Gasteiger partial charge >= 0.3 is 0 Å². The van der Waals surface area contributed by atoms with Crippen LogP contribution in [-0.4, -0.2) is 22.6 Å². The molecule has 1 heterocycles. The molecule has 1 aliphatic rings. The highest BCUT2D eigenvalue weighted by Gasteiger charge is 2.43. The van der Waals surface area contributed by atoms with Crippen LogP contribution in [0.5, 0.6) is 0 Å². The number of carbonyl (C=O) groups excluding carboxylic acids is 2. The summed E-state index contributed by atoms with van der Waals surface area (Å²) in [4.78, 5) is 30.3. The van der Waals surface area contributed by atoms with Crippen molar-refractivity contribution in [3.63, 3.8) is 0 Å². The molecule has 1 amide bonds. The van der Waals surface area contributed by atoms with E-state index in [1.807, 2.05) is 48.7 Å². The number of nitrogens with two attached hydrogens (primary N) is 1. The Morgan fingerprint density at radius 2 is 2.08 bits per heavy atom. The van der Waals surface area contributed by atoms with Crippen molar-refractivity contribution in [3.05, 3.63) is 59.9 Å². The predicted molar refractivity (Wildman–Crippen MR) is 94.2 cm³/mol. The van der Waals surface area contributed by atoms with Crippen LogP contribution >= 0.6 is 0 Å². The maximum Gasteiger partial charge on any atom is 0.236 e. The Morgan fingerprint density at radius 1 is 1.28 bits per heavy atom. The van der Waals surface area contributed by atoms with Crippen LogP contribution in [-0.2, 0) is 16.1 Å². The number of primary amides is 1. The van der Waals surface area contributed by atoms with Crippen molar-refractivity contribution in [1.82, 2.24) is 10.3 Å². The monoisotopic (exact) mass is 338 g/mol. The van der Waals surface area contributed by atoms with E-state index in [-0.39, 0.29) is 17.7 Å². The summed E-state index contributed by atoms with van der Waals surface area (Å²) in [7, 11) is 0. The number of aliphatic imine (C=N–C) groups is 1. The first-order valence-corrected chi connectivity index (χ1v) is 8.42. The SMILES string of the molecule is NC(=O)C1CC(c2ccc[nH]2)CC(N=C=O)(NCc2ccccc2)C1. The van der Waals surface area contributed by atoms with Gasteiger partial charge in [0, 0.05) is 30.3 Å². The molecule has 1 aliphatic carbocycles. The van der Waals surface area contributed by atoms with E-state index in [0.717, 1.165) is 11.3 Å². The number of aromatic nitrogens is 1. The van der Waals surface area contributed by atoms with E-state index in [1.54, 1.807) is 6.08 Å². The Kier molecular flexibility index (Phi) is 5.12. The summed E-state index contributed by atoms with van der Waals surface area (Å²) in [6.07, 6.45) is 5.21. The molecule has 3 atom stereocenters. The quantitative estimate of drug-likeness (QED) is 0.556. The van der Waals surface area contributed by atoms with Gasteiger partial charge in [0.25, 0.3) is 0 Å². The third-order valence-electron chi connectivity index (χ3n) is 4.93. The molecule has 0 spiro atoms. The van der Waals surface area contributed by atoms with Crippen LogP contribution in [0.4, 0.5) is 0 Å². The summed E-state index contributed by atoms with van der Waals surface area (Å²) in [5, 5.41) is 3.38. The minimum absolute atomic E-state index is 0.0709. The Hall–Kier alpha value is -2.69. The van der Waals surface area contributed by atoms with Crippen molar-refractivity contribution < 1.29 is 9.59 Å². The molecule has 6 nitrogen and oxygen atoms in total. The molecule has 0 aliphatic heterocycles. The third-order valence-corrected chi connectivity index (χ3v) is 4.93. The Bertz CT molecular complexity index is 753. The lowest BCUT2D eigenvalue weighted by molar-refractivity contribution is -0.123. The molecule has 0 saturated heterocycles. The van der Waals surface area contributed by atoms with Gasteiger partial charge in [-0.15, -0.1) is 0 Å². The van der Waals surface area contributed by atoms with Crippen molar-refractivity contribution in [2.24, 2.45) is 16.6 Å². The van der Waals surface area contributed by atoms with Crippen LogP contribution in [0.15, 0.2) is 53.7 Å². The molecule has 3 unspecified atom stereocenters. The van der Waals surface area contributed by atoms with Crippen molar-refractivity contribution in [2.75, 3.05) is 0 Å². The topological polar surface area (TPSA) is 100 Å². The number of isocyanates is 1. The average molecular weight is 338 g/mol.